The van der Waals surface area contributed by atoms with Gasteiger partial charge in [-0.2, -0.15) is 0 Å². The predicted molar refractivity (Wildman–Crippen MR) is 117 cm³/mol. The fourth-order valence-corrected chi connectivity index (χ4v) is 3.68. The molecule has 0 aliphatic carbocycles. The van der Waals surface area contributed by atoms with Crippen molar-refractivity contribution < 1.29 is 27.5 Å². The summed E-state index contributed by atoms with van der Waals surface area (Å²) in [5.41, 5.74) is 1.32. The largest absolute Gasteiger partial charge is 0.494 e. The van der Waals surface area contributed by atoms with Gasteiger partial charge in [-0.15, -0.1) is 0 Å². The molecule has 0 heterocycles. The number of anilines is 1. The summed E-state index contributed by atoms with van der Waals surface area (Å²) in [5, 5.41) is 5.18. The van der Waals surface area contributed by atoms with Crippen LogP contribution in [-0.4, -0.2) is 53.6 Å². The molecule has 3 N–H and O–H groups in total. The number of nitrogens with one attached hydrogen (secondary N) is 3. The first kappa shape index (κ1) is 24.3. The van der Waals surface area contributed by atoms with E-state index in [4.69, 9.17) is 9.47 Å². The topological polar surface area (TPSA) is 123 Å². The van der Waals surface area contributed by atoms with Gasteiger partial charge in [0.1, 0.15) is 5.75 Å². The summed E-state index contributed by atoms with van der Waals surface area (Å²) in [6.45, 7) is 4.17. The van der Waals surface area contributed by atoms with Crippen LogP contribution in [-0.2, 0) is 19.6 Å². The highest BCUT2D eigenvalue weighted by Crippen LogP contribution is 2.17. The fourth-order valence-electron chi connectivity index (χ4n) is 2.64. The van der Waals surface area contributed by atoms with E-state index in [9.17, 15) is 18.0 Å². The minimum Gasteiger partial charge on any atom is -0.494 e. The van der Waals surface area contributed by atoms with Crippen molar-refractivity contribution in [1.29, 1.82) is 0 Å². The average Bonchev–Trinajstić information content (AvgIpc) is 2.74. The summed E-state index contributed by atoms with van der Waals surface area (Å²) in [7, 11) is -2.32. The van der Waals surface area contributed by atoms with Crippen molar-refractivity contribution in [3.63, 3.8) is 0 Å². The van der Waals surface area contributed by atoms with Gasteiger partial charge in [0.2, 0.25) is 15.9 Å². The van der Waals surface area contributed by atoms with E-state index in [1.54, 1.807) is 37.3 Å². The summed E-state index contributed by atoms with van der Waals surface area (Å²) in [4.78, 5) is 24.6. The molecule has 0 spiro atoms. The standard InChI is InChI=1S/C21H27N3O6S/c1-4-30-17-8-6-16(7-9-17)24-20(25)14-22-21(26)19-13-18(10-5-15(19)2)31(27,28)23-11-12-29-3/h5-10,13,23H,4,11-12,14H2,1-3H3,(H,22,26)(H,24,25). The van der Waals surface area contributed by atoms with Crippen molar-refractivity contribution in [2.75, 3.05) is 38.7 Å². The van der Waals surface area contributed by atoms with Crippen molar-refractivity contribution in [2.24, 2.45) is 0 Å². The van der Waals surface area contributed by atoms with Crippen molar-refractivity contribution in [2.45, 2.75) is 18.7 Å². The quantitative estimate of drug-likeness (QED) is 0.449. The second-order valence-electron chi connectivity index (χ2n) is 6.56. The van der Waals surface area contributed by atoms with Crippen molar-refractivity contribution in [3.8, 4) is 5.75 Å². The smallest absolute Gasteiger partial charge is 0.252 e. The number of carbonyl (C=O) groups is 2. The van der Waals surface area contributed by atoms with Crippen LogP contribution in [0.2, 0.25) is 0 Å². The molecule has 2 amide bonds. The number of amides is 2. The molecule has 0 saturated heterocycles. The molecule has 10 heteroatoms. The Kier molecular flexibility index (Phi) is 8.98. The molecule has 0 atom stereocenters. The minimum atomic E-state index is -3.78. The summed E-state index contributed by atoms with van der Waals surface area (Å²) in [6.07, 6.45) is 0. The molecule has 0 saturated carbocycles. The molecular formula is C21H27N3O6S. The zero-order valence-electron chi connectivity index (χ0n) is 17.7. The van der Waals surface area contributed by atoms with Gasteiger partial charge in [0.15, 0.2) is 0 Å². The van der Waals surface area contributed by atoms with E-state index < -0.39 is 21.8 Å². The van der Waals surface area contributed by atoms with Crippen LogP contribution in [0.25, 0.3) is 0 Å². The summed E-state index contributed by atoms with van der Waals surface area (Å²) < 4.78 is 37.3. The Morgan fingerprint density at radius 3 is 2.42 bits per heavy atom. The molecule has 0 aromatic heterocycles. The van der Waals surface area contributed by atoms with E-state index in [1.165, 1.54) is 19.2 Å². The van der Waals surface area contributed by atoms with Crippen LogP contribution in [0.15, 0.2) is 47.4 Å². The lowest BCUT2D eigenvalue weighted by Crippen LogP contribution is -2.33. The van der Waals surface area contributed by atoms with E-state index in [0.717, 1.165) is 0 Å². The Morgan fingerprint density at radius 1 is 1.06 bits per heavy atom. The number of carbonyl (C=O) groups excluding carboxylic acids is 2. The molecule has 9 nitrogen and oxygen atoms in total. The monoisotopic (exact) mass is 449 g/mol. The zero-order chi connectivity index (χ0) is 22.9. The van der Waals surface area contributed by atoms with E-state index in [-0.39, 0.29) is 30.2 Å². The maximum atomic E-state index is 12.5. The third-order valence-corrected chi connectivity index (χ3v) is 5.68. The predicted octanol–water partition coefficient (Wildman–Crippen LogP) is 1.69. The molecule has 168 valence electrons. The molecule has 2 rings (SSSR count). The van der Waals surface area contributed by atoms with Crippen LogP contribution >= 0.6 is 0 Å². The maximum Gasteiger partial charge on any atom is 0.252 e. The van der Waals surface area contributed by atoms with E-state index in [2.05, 4.69) is 15.4 Å². The Bertz CT molecular complexity index is 1010. The van der Waals surface area contributed by atoms with Crippen molar-refractivity contribution in [1.82, 2.24) is 10.0 Å². The Balaban J connectivity index is 1.99. The van der Waals surface area contributed by atoms with Crippen LogP contribution in [0.5, 0.6) is 5.75 Å². The third kappa shape index (κ3) is 7.35. The number of methoxy groups -OCH3 is 1. The lowest BCUT2D eigenvalue weighted by atomic mass is 10.1. The minimum absolute atomic E-state index is 0.0433. The van der Waals surface area contributed by atoms with Crippen LogP contribution in [0.3, 0.4) is 0 Å². The highest BCUT2D eigenvalue weighted by atomic mass is 32.2. The van der Waals surface area contributed by atoms with Gasteiger partial charge in [0.05, 0.1) is 24.7 Å². The number of hydrogen-bond donors (Lipinski definition) is 3. The molecule has 2 aromatic carbocycles. The van der Waals surface area contributed by atoms with E-state index >= 15 is 0 Å². The number of aryl methyl sites for hydroxylation is 1. The van der Waals surface area contributed by atoms with Crippen LogP contribution in [0.4, 0.5) is 5.69 Å². The molecule has 0 radical (unpaired) electrons. The first-order valence-electron chi connectivity index (χ1n) is 9.67. The summed E-state index contributed by atoms with van der Waals surface area (Å²) >= 11 is 0. The normalized spacial score (nSPS) is 11.1. The Morgan fingerprint density at radius 2 is 1.77 bits per heavy atom. The summed E-state index contributed by atoms with van der Waals surface area (Å²) in [5.74, 6) is -0.274. The molecule has 2 aromatic rings. The van der Waals surface area contributed by atoms with Gasteiger partial charge in [-0.25, -0.2) is 13.1 Å². The fraction of sp³-hybridized carbons (Fsp3) is 0.333. The van der Waals surface area contributed by atoms with Gasteiger partial charge in [0.25, 0.3) is 5.91 Å². The molecule has 0 bridgehead atoms. The van der Waals surface area contributed by atoms with Gasteiger partial charge in [0, 0.05) is 24.9 Å². The SMILES string of the molecule is CCOc1ccc(NC(=O)CNC(=O)c2cc(S(=O)(=O)NCCOC)ccc2C)cc1. The Hall–Kier alpha value is -2.95. The molecular weight excluding hydrogens is 422 g/mol. The van der Waals surface area contributed by atoms with Crippen LogP contribution < -0.4 is 20.1 Å². The molecule has 0 aliphatic heterocycles. The van der Waals surface area contributed by atoms with Gasteiger partial charge in [-0.05, 0) is 55.8 Å². The third-order valence-electron chi connectivity index (χ3n) is 4.22. The second-order valence-corrected chi connectivity index (χ2v) is 8.32. The molecule has 0 aliphatic rings. The first-order valence-corrected chi connectivity index (χ1v) is 11.1. The van der Waals surface area contributed by atoms with Gasteiger partial charge < -0.3 is 20.1 Å². The van der Waals surface area contributed by atoms with Gasteiger partial charge in [-0.1, -0.05) is 6.07 Å². The second kappa shape index (κ2) is 11.4. The van der Waals surface area contributed by atoms with Crippen LogP contribution in [0, 0.1) is 6.92 Å². The van der Waals surface area contributed by atoms with Crippen molar-refractivity contribution >= 4 is 27.5 Å². The number of ether oxygens (including phenoxy) is 2. The number of sulfonamides is 1. The number of rotatable bonds is 11. The average molecular weight is 450 g/mol. The lowest BCUT2D eigenvalue weighted by molar-refractivity contribution is -0.115. The first-order chi connectivity index (χ1) is 14.8. The molecule has 0 fully saturated rings. The van der Waals surface area contributed by atoms with Crippen LogP contribution in [0.1, 0.15) is 22.8 Å². The van der Waals surface area contributed by atoms with Crippen molar-refractivity contribution in [3.05, 3.63) is 53.6 Å². The highest BCUT2D eigenvalue weighted by Gasteiger charge is 2.18. The Labute approximate surface area is 182 Å². The summed E-state index contributed by atoms with van der Waals surface area (Å²) in [6, 6.07) is 11.1. The molecule has 0 unspecified atom stereocenters. The number of hydrogen-bond acceptors (Lipinski definition) is 6. The zero-order valence-corrected chi connectivity index (χ0v) is 18.5. The highest BCUT2D eigenvalue weighted by molar-refractivity contribution is 7.89. The maximum absolute atomic E-state index is 12.5. The number of benzene rings is 2. The van der Waals surface area contributed by atoms with E-state index in [1.807, 2.05) is 6.92 Å². The van der Waals surface area contributed by atoms with Gasteiger partial charge in [-0.3, -0.25) is 9.59 Å². The van der Waals surface area contributed by atoms with Gasteiger partial charge >= 0.3 is 0 Å². The van der Waals surface area contributed by atoms with E-state index in [0.29, 0.717) is 23.6 Å². The molecule has 31 heavy (non-hydrogen) atoms. The lowest BCUT2D eigenvalue weighted by Gasteiger charge is -2.11.